The molecule has 9 aromatic carbocycles. The number of anilines is 2. The molecule has 0 saturated heterocycles. The van der Waals surface area contributed by atoms with Gasteiger partial charge in [0.2, 0.25) is 0 Å². The van der Waals surface area contributed by atoms with Crippen molar-refractivity contribution in [2.24, 2.45) is 0 Å². The van der Waals surface area contributed by atoms with Crippen molar-refractivity contribution >= 4 is 38.9 Å². The molecule has 5 aliphatic rings. The average molecular weight is 1150 g/mol. The van der Waals surface area contributed by atoms with E-state index < -0.39 is 0 Å². The molecule has 1 unspecified atom stereocenters. The van der Waals surface area contributed by atoms with Crippen LogP contribution in [0.3, 0.4) is 0 Å². The van der Waals surface area contributed by atoms with E-state index in [1.807, 2.05) is 0 Å². The van der Waals surface area contributed by atoms with Crippen LogP contribution in [-0.2, 0) is 21.7 Å². The molecule has 10 aromatic rings. The number of unbranched alkanes of at least 4 members (excludes halogenated alkanes) is 10. The number of furan rings is 1. The van der Waals surface area contributed by atoms with Crippen LogP contribution in [0.1, 0.15) is 208 Å². The van der Waals surface area contributed by atoms with Gasteiger partial charge in [-0.05, 0) is 174 Å². The summed E-state index contributed by atoms with van der Waals surface area (Å²) in [5.41, 5.74) is 32.6. The zero-order valence-corrected chi connectivity index (χ0v) is 53.5. The third kappa shape index (κ3) is 8.99. The van der Waals surface area contributed by atoms with E-state index in [9.17, 15) is 0 Å². The van der Waals surface area contributed by atoms with Crippen LogP contribution < -0.4 is 5.32 Å². The fourth-order valence-corrected chi connectivity index (χ4v) is 17.4. The minimum absolute atomic E-state index is 0.0540. The monoisotopic (exact) mass is 1150 g/mol. The fourth-order valence-electron chi connectivity index (χ4n) is 17.4. The van der Waals surface area contributed by atoms with Crippen molar-refractivity contribution in [3.8, 4) is 55.6 Å². The number of rotatable bonds is 19. The highest BCUT2D eigenvalue weighted by atomic mass is 16.3. The van der Waals surface area contributed by atoms with Crippen LogP contribution in [-0.4, -0.2) is 0 Å². The van der Waals surface area contributed by atoms with Crippen LogP contribution >= 0.6 is 0 Å². The summed E-state index contributed by atoms with van der Waals surface area (Å²) in [6.45, 7) is 19.4. The first-order chi connectivity index (χ1) is 42.8. The van der Waals surface area contributed by atoms with Gasteiger partial charge in [-0.25, -0.2) is 0 Å². The van der Waals surface area contributed by atoms with E-state index in [0.29, 0.717) is 0 Å². The van der Waals surface area contributed by atoms with E-state index in [2.05, 4.69) is 249 Å². The second-order valence-corrected chi connectivity index (χ2v) is 28.5. The number of benzene rings is 9. The molecule has 1 atom stereocenters. The largest absolute Gasteiger partial charge is 0.455 e. The van der Waals surface area contributed by atoms with Crippen molar-refractivity contribution < 1.29 is 4.42 Å². The highest BCUT2D eigenvalue weighted by molar-refractivity contribution is 6.14. The molecule has 2 nitrogen and oxygen atoms in total. The van der Waals surface area contributed by atoms with E-state index >= 15 is 0 Å². The number of hydrogen-bond donors (Lipinski definition) is 1. The summed E-state index contributed by atoms with van der Waals surface area (Å²) in [4.78, 5) is 0. The molecule has 88 heavy (non-hydrogen) atoms. The van der Waals surface area contributed by atoms with E-state index in [4.69, 9.17) is 4.42 Å². The minimum atomic E-state index is -0.262. The SMILES string of the molecule is CCCCCCCCC1(CCCCCCCC)c2ccccc2-c2ccc(-c3ccc4c(c3)C(C)(C)C3=CC(c5cc6c(c7oc8ccccc8c57)-c5cc7c(cc5C6(C)C)-c5ccc(Nc6ccccc6-c6ccccc6)cc5C7(C)C)CC=C34)cc21. The molecule has 1 N–H and O–H groups in total. The Balaban J connectivity index is 0.767. The molecule has 1 heterocycles. The summed E-state index contributed by atoms with van der Waals surface area (Å²) < 4.78 is 7.25. The van der Waals surface area contributed by atoms with Crippen molar-refractivity contribution in [1.29, 1.82) is 0 Å². The van der Waals surface area contributed by atoms with Crippen LogP contribution in [0.2, 0.25) is 0 Å². The number of para-hydroxylation sites is 2. The number of fused-ring (bicyclic) bond motifs is 16. The van der Waals surface area contributed by atoms with Crippen LogP contribution in [0.4, 0.5) is 11.4 Å². The van der Waals surface area contributed by atoms with Gasteiger partial charge in [0.15, 0.2) is 0 Å². The van der Waals surface area contributed by atoms with E-state index in [1.54, 1.807) is 11.1 Å². The molecule has 0 spiro atoms. The van der Waals surface area contributed by atoms with Gasteiger partial charge < -0.3 is 9.73 Å². The highest BCUT2D eigenvalue weighted by Gasteiger charge is 2.46. The zero-order valence-electron chi connectivity index (χ0n) is 53.5. The van der Waals surface area contributed by atoms with Crippen molar-refractivity contribution in [2.45, 2.75) is 179 Å². The summed E-state index contributed by atoms with van der Waals surface area (Å²) in [6, 6.07) is 67.5. The highest BCUT2D eigenvalue weighted by Crippen LogP contribution is 2.62. The van der Waals surface area contributed by atoms with Gasteiger partial charge in [-0.1, -0.05) is 272 Å². The first-order valence-electron chi connectivity index (χ1n) is 33.9. The Kier molecular flexibility index (Phi) is 14.1. The normalized spacial score (nSPS) is 17.2. The Labute approximate surface area is 524 Å². The molecule has 0 radical (unpaired) electrons. The molecular formula is C86H87NO. The smallest absolute Gasteiger partial charge is 0.143 e. The summed E-state index contributed by atoms with van der Waals surface area (Å²) in [5.74, 6) is 0.183. The number of nitrogens with one attached hydrogen (secondary N) is 1. The first kappa shape index (κ1) is 56.6. The molecule has 1 aromatic heterocycles. The summed E-state index contributed by atoms with van der Waals surface area (Å²) in [5, 5.41) is 6.31. The van der Waals surface area contributed by atoms with Crippen molar-refractivity contribution in [3.63, 3.8) is 0 Å². The lowest BCUT2D eigenvalue weighted by atomic mass is 9.70. The number of allylic oxidation sites excluding steroid dienone is 4. The lowest BCUT2D eigenvalue weighted by Crippen LogP contribution is -2.25. The topological polar surface area (TPSA) is 25.2 Å². The molecule has 0 amide bonds. The van der Waals surface area contributed by atoms with Crippen LogP contribution in [0.15, 0.2) is 198 Å². The van der Waals surface area contributed by atoms with Crippen LogP contribution in [0.5, 0.6) is 0 Å². The van der Waals surface area contributed by atoms with Crippen molar-refractivity contribution in [2.75, 3.05) is 5.32 Å². The van der Waals surface area contributed by atoms with Gasteiger partial charge >= 0.3 is 0 Å². The minimum Gasteiger partial charge on any atom is -0.455 e. The van der Waals surface area contributed by atoms with Gasteiger partial charge in [0.1, 0.15) is 11.2 Å². The molecule has 0 aliphatic heterocycles. The van der Waals surface area contributed by atoms with Crippen LogP contribution in [0.25, 0.3) is 83.1 Å². The maximum absolute atomic E-state index is 7.25. The lowest BCUT2D eigenvalue weighted by Gasteiger charge is -2.33. The maximum Gasteiger partial charge on any atom is 0.143 e. The molecule has 2 heteroatoms. The predicted octanol–water partition coefficient (Wildman–Crippen LogP) is 24.8. The zero-order chi connectivity index (χ0) is 60.1. The second kappa shape index (κ2) is 22.0. The Morgan fingerprint density at radius 3 is 1.76 bits per heavy atom. The number of hydrogen-bond acceptors (Lipinski definition) is 2. The Bertz CT molecular complexity index is 4440. The Morgan fingerprint density at radius 1 is 0.432 bits per heavy atom. The summed E-state index contributed by atoms with van der Waals surface area (Å²) in [6.07, 6.45) is 24.6. The molecule has 15 rings (SSSR count). The third-order valence-corrected chi connectivity index (χ3v) is 22.2. The predicted molar refractivity (Wildman–Crippen MR) is 375 cm³/mol. The molecule has 442 valence electrons. The van der Waals surface area contributed by atoms with Crippen molar-refractivity contribution in [1.82, 2.24) is 0 Å². The van der Waals surface area contributed by atoms with E-state index in [-0.39, 0.29) is 27.6 Å². The van der Waals surface area contributed by atoms with E-state index in [0.717, 1.165) is 29.0 Å². The van der Waals surface area contributed by atoms with Gasteiger partial charge in [-0.15, -0.1) is 0 Å². The summed E-state index contributed by atoms with van der Waals surface area (Å²) >= 11 is 0. The fraction of sp³-hybridized carbons (Fsp3) is 0.326. The Morgan fingerprint density at radius 2 is 1.00 bits per heavy atom. The van der Waals surface area contributed by atoms with Gasteiger partial charge in [0, 0.05) is 60.9 Å². The quantitative estimate of drug-likeness (QED) is 0.0817. The standard InChI is InChI=1S/C86H87NO/c1-9-11-13-15-17-28-46-86(47-29-18-16-14-12-10-2)70-35-25-22-33-61(70)64-43-39-57(49-76(64)86)56-38-42-62-63-44-40-58(50-72(63)83(3,4)71(62)48-56)67-52-77-81(82-80(67)66-34-24-27-37-79(66)88-82)69-54-74-68(53-75(69)85(77,7)8)65-45-41-59(51-73(65)84(74,5)6)87-78-36-26-23-32-60(78)55-30-20-19-21-31-55/h19-27,30-39,41-45,48-54,58,87H,9-18,28-29,40,46-47H2,1-8H3. The van der Waals surface area contributed by atoms with Gasteiger partial charge in [-0.3, -0.25) is 0 Å². The lowest BCUT2D eigenvalue weighted by molar-refractivity contribution is 0.398. The average Bonchev–Trinajstić information content (AvgIpc) is 1.54. The molecule has 0 bridgehead atoms. The van der Waals surface area contributed by atoms with Gasteiger partial charge in [-0.2, -0.15) is 0 Å². The van der Waals surface area contributed by atoms with Crippen molar-refractivity contribution in [3.05, 3.63) is 244 Å². The first-order valence-corrected chi connectivity index (χ1v) is 33.9. The molecule has 5 aliphatic carbocycles. The Hall–Kier alpha value is -7.94. The van der Waals surface area contributed by atoms with Gasteiger partial charge in [0.25, 0.3) is 0 Å². The third-order valence-electron chi connectivity index (χ3n) is 22.2. The molecule has 0 fully saturated rings. The maximum atomic E-state index is 7.25. The van der Waals surface area contributed by atoms with E-state index in [1.165, 1.54) is 206 Å². The molecule has 0 saturated carbocycles. The van der Waals surface area contributed by atoms with Crippen LogP contribution in [0, 0.1) is 0 Å². The summed E-state index contributed by atoms with van der Waals surface area (Å²) in [7, 11) is 0. The molecular weight excluding hydrogens is 1060 g/mol. The second-order valence-electron chi connectivity index (χ2n) is 28.5. The van der Waals surface area contributed by atoms with Gasteiger partial charge in [0.05, 0.1) is 0 Å².